The first kappa shape index (κ1) is 28.6. The molecule has 0 spiro atoms. The van der Waals surface area contributed by atoms with Crippen molar-refractivity contribution in [3.05, 3.63) is 59.4 Å². The van der Waals surface area contributed by atoms with Crippen molar-refractivity contribution in [2.75, 3.05) is 19.7 Å². The molecule has 0 aliphatic rings. The molecule has 0 saturated carbocycles. The average molecular weight is 480 g/mol. The number of aromatic nitrogens is 2. The molecule has 1 heterocycles. The van der Waals surface area contributed by atoms with E-state index in [9.17, 15) is 4.79 Å². The number of ether oxygens (including phenoxy) is 1. The molecule has 5 heteroatoms. The first-order chi connectivity index (χ1) is 16.8. The Labute approximate surface area is 212 Å². The van der Waals surface area contributed by atoms with E-state index in [2.05, 4.69) is 80.2 Å². The van der Waals surface area contributed by atoms with E-state index in [1.807, 2.05) is 12.1 Å². The molecule has 35 heavy (non-hydrogen) atoms. The highest BCUT2D eigenvalue weighted by atomic mass is 16.5. The molecule has 2 aromatic carbocycles. The van der Waals surface area contributed by atoms with Crippen molar-refractivity contribution in [2.45, 2.75) is 79.6 Å². The van der Waals surface area contributed by atoms with Gasteiger partial charge in [-0.2, -0.15) is 0 Å². The van der Waals surface area contributed by atoms with Gasteiger partial charge in [-0.3, -0.25) is 4.79 Å². The first-order valence-corrected chi connectivity index (χ1v) is 13.2. The van der Waals surface area contributed by atoms with Gasteiger partial charge in [0.2, 0.25) is 0 Å². The van der Waals surface area contributed by atoms with Crippen molar-refractivity contribution in [3.8, 4) is 5.75 Å². The maximum atomic E-state index is 11.4. The Bertz CT molecular complexity index is 1020. The van der Waals surface area contributed by atoms with Gasteiger partial charge in [0.15, 0.2) is 11.6 Å². The molecular weight excluding hydrogens is 434 g/mol. The number of H-pyrrole nitrogens is 1. The summed E-state index contributed by atoms with van der Waals surface area (Å²) >= 11 is 0. The summed E-state index contributed by atoms with van der Waals surface area (Å²) in [6.45, 7) is 15.7. The van der Waals surface area contributed by atoms with Crippen molar-refractivity contribution in [2.24, 2.45) is 5.92 Å². The quantitative estimate of drug-likeness (QED) is 0.199. The van der Waals surface area contributed by atoms with E-state index in [1.165, 1.54) is 44.0 Å². The summed E-state index contributed by atoms with van der Waals surface area (Å²) in [6.07, 6.45) is 5.60. The van der Waals surface area contributed by atoms with E-state index in [-0.39, 0.29) is 5.78 Å². The van der Waals surface area contributed by atoms with Crippen molar-refractivity contribution in [1.29, 1.82) is 0 Å². The number of nitrogens with one attached hydrogen (secondary N) is 2. The van der Waals surface area contributed by atoms with E-state index < -0.39 is 0 Å². The second-order valence-electron chi connectivity index (χ2n) is 9.96. The van der Waals surface area contributed by atoms with Crippen LogP contribution in [0.25, 0.3) is 11.0 Å². The van der Waals surface area contributed by atoms with Gasteiger partial charge in [-0.15, -0.1) is 0 Å². The lowest BCUT2D eigenvalue weighted by Gasteiger charge is -2.10. The number of hydrogen-bond donors (Lipinski definition) is 2. The summed E-state index contributed by atoms with van der Waals surface area (Å²) in [5.41, 5.74) is 4.32. The zero-order valence-corrected chi connectivity index (χ0v) is 22.6. The summed E-state index contributed by atoms with van der Waals surface area (Å²) < 4.78 is 5.88. The van der Waals surface area contributed by atoms with E-state index in [0.717, 1.165) is 48.6 Å². The number of fused-ring (bicyclic) bond motifs is 1. The fourth-order valence-corrected chi connectivity index (χ4v) is 3.66. The second kappa shape index (κ2) is 15.4. The standard InChI is InChI=1S/C22H26N2O2.C8H19N/c1-15(2)18-8-6-9-19(14-18)26-12-5-4-7-17-10-11-20-21(13-17)24-22(23-20)16(3)25;1-4-6-9-7-5-8(2)3/h6,8-11,13-15H,4-5,7,12H2,1-3H3,(H,23,24);8-9H,4-7H2,1-3H3. The summed E-state index contributed by atoms with van der Waals surface area (Å²) in [4.78, 5) is 18.8. The van der Waals surface area contributed by atoms with Gasteiger partial charge in [0, 0.05) is 6.92 Å². The highest BCUT2D eigenvalue weighted by molar-refractivity contribution is 5.94. The van der Waals surface area contributed by atoms with Crippen molar-refractivity contribution in [1.82, 2.24) is 15.3 Å². The molecule has 3 aromatic rings. The number of Topliss-reactive ketones (excluding diaryl/α,β-unsaturated/α-hetero) is 1. The molecule has 0 atom stereocenters. The van der Waals surface area contributed by atoms with Crippen molar-refractivity contribution in [3.63, 3.8) is 0 Å². The average Bonchev–Trinajstić information content (AvgIpc) is 3.26. The predicted molar refractivity (Wildman–Crippen MR) is 148 cm³/mol. The molecule has 5 nitrogen and oxygen atoms in total. The smallest absolute Gasteiger partial charge is 0.195 e. The Morgan fingerprint density at radius 2 is 1.86 bits per heavy atom. The van der Waals surface area contributed by atoms with E-state index >= 15 is 0 Å². The summed E-state index contributed by atoms with van der Waals surface area (Å²) in [7, 11) is 0. The van der Waals surface area contributed by atoms with Crippen molar-refractivity contribution >= 4 is 16.8 Å². The molecule has 0 aliphatic heterocycles. The predicted octanol–water partition coefficient (Wildman–Crippen LogP) is 7.32. The van der Waals surface area contributed by atoms with Crippen LogP contribution >= 0.6 is 0 Å². The Hall–Kier alpha value is -2.66. The number of benzene rings is 2. The number of nitrogens with zero attached hydrogens (tertiary/aromatic N) is 1. The highest BCUT2D eigenvalue weighted by Crippen LogP contribution is 2.20. The lowest BCUT2D eigenvalue weighted by atomic mass is 10.0. The van der Waals surface area contributed by atoms with Crippen LogP contribution in [-0.2, 0) is 6.42 Å². The van der Waals surface area contributed by atoms with Gasteiger partial charge in [0.1, 0.15) is 5.75 Å². The third-order valence-electron chi connectivity index (χ3n) is 5.86. The van der Waals surface area contributed by atoms with Crippen LogP contribution in [0.4, 0.5) is 0 Å². The number of carbonyl (C=O) groups excluding carboxylic acids is 1. The zero-order chi connectivity index (χ0) is 25.6. The van der Waals surface area contributed by atoms with Crippen LogP contribution in [0.1, 0.15) is 94.9 Å². The van der Waals surface area contributed by atoms with E-state index in [1.54, 1.807) is 0 Å². The number of imidazole rings is 1. The summed E-state index contributed by atoms with van der Waals surface area (Å²) in [5.74, 6) is 2.69. The van der Waals surface area contributed by atoms with Gasteiger partial charge < -0.3 is 15.0 Å². The maximum Gasteiger partial charge on any atom is 0.195 e. The van der Waals surface area contributed by atoms with Crippen LogP contribution in [0.15, 0.2) is 42.5 Å². The van der Waals surface area contributed by atoms with Crippen LogP contribution in [0, 0.1) is 5.92 Å². The monoisotopic (exact) mass is 479 g/mol. The number of carbonyl (C=O) groups is 1. The molecule has 192 valence electrons. The van der Waals surface area contributed by atoms with Crippen LogP contribution in [0.2, 0.25) is 0 Å². The second-order valence-corrected chi connectivity index (χ2v) is 9.96. The van der Waals surface area contributed by atoms with Gasteiger partial charge >= 0.3 is 0 Å². The zero-order valence-electron chi connectivity index (χ0n) is 22.6. The lowest BCUT2D eigenvalue weighted by Crippen LogP contribution is -2.17. The third kappa shape index (κ3) is 10.6. The molecule has 3 rings (SSSR count). The minimum Gasteiger partial charge on any atom is -0.494 e. The minimum absolute atomic E-state index is 0.0403. The number of aryl methyl sites for hydroxylation is 1. The summed E-state index contributed by atoms with van der Waals surface area (Å²) in [5, 5.41) is 3.37. The number of rotatable bonds is 13. The summed E-state index contributed by atoms with van der Waals surface area (Å²) in [6, 6.07) is 14.5. The number of unbranched alkanes of at least 4 members (excludes halogenated alkanes) is 1. The van der Waals surface area contributed by atoms with Gasteiger partial charge in [-0.05, 0) is 92.4 Å². The molecule has 2 N–H and O–H groups in total. The van der Waals surface area contributed by atoms with Crippen molar-refractivity contribution < 1.29 is 9.53 Å². The van der Waals surface area contributed by atoms with Crippen LogP contribution < -0.4 is 10.1 Å². The molecule has 0 unspecified atom stereocenters. The molecule has 0 aliphatic carbocycles. The highest BCUT2D eigenvalue weighted by Gasteiger charge is 2.07. The number of ketones is 1. The SMILES string of the molecule is CC(=O)c1nc2ccc(CCCCOc3cccc(C(C)C)c3)cc2[nH]1.CCCNCCC(C)C. The van der Waals surface area contributed by atoms with Crippen LogP contribution in [-0.4, -0.2) is 35.4 Å². The maximum absolute atomic E-state index is 11.4. The molecule has 0 saturated heterocycles. The molecule has 1 aromatic heterocycles. The molecule has 0 radical (unpaired) electrons. The molecular formula is C30H45N3O2. The fourth-order valence-electron chi connectivity index (χ4n) is 3.66. The fraction of sp³-hybridized carbons (Fsp3) is 0.533. The van der Waals surface area contributed by atoms with Gasteiger partial charge in [0.25, 0.3) is 0 Å². The lowest BCUT2D eigenvalue weighted by molar-refractivity contribution is 0.100. The Morgan fingerprint density at radius 1 is 1.06 bits per heavy atom. The number of hydrogen-bond acceptors (Lipinski definition) is 4. The first-order valence-electron chi connectivity index (χ1n) is 13.2. The Balaban J connectivity index is 0.000000410. The van der Waals surface area contributed by atoms with Crippen LogP contribution in [0.3, 0.4) is 0 Å². The normalized spacial score (nSPS) is 11.1. The van der Waals surface area contributed by atoms with E-state index in [0.29, 0.717) is 11.7 Å². The van der Waals surface area contributed by atoms with Gasteiger partial charge in [-0.1, -0.05) is 52.8 Å². The van der Waals surface area contributed by atoms with E-state index in [4.69, 9.17) is 4.74 Å². The topological polar surface area (TPSA) is 67.0 Å². The third-order valence-corrected chi connectivity index (χ3v) is 5.86. The van der Waals surface area contributed by atoms with Crippen LogP contribution in [0.5, 0.6) is 5.75 Å². The number of aromatic amines is 1. The molecule has 0 fully saturated rings. The molecule has 0 bridgehead atoms. The molecule has 0 amide bonds. The Morgan fingerprint density at radius 3 is 2.54 bits per heavy atom. The largest absolute Gasteiger partial charge is 0.494 e. The minimum atomic E-state index is -0.0403. The van der Waals surface area contributed by atoms with Gasteiger partial charge in [-0.25, -0.2) is 4.98 Å². The Kier molecular flexibility index (Phi) is 12.5. The van der Waals surface area contributed by atoms with Gasteiger partial charge in [0.05, 0.1) is 17.6 Å².